The second kappa shape index (κ2) is 9.70. The smallest absolute Gasteiger partial charge is 0.410 e. The van der Waals surface area contributed by atoms with Crippen molar-refractivity contribution in [1.29, 1.82) is 0 Å². The number of amides is 2. The number of nitrogens with zero attached hydrogens (tertiary/aromatic N) is 4. The quantitative estimate of drug-likeness (QED) is 0.392. The average Bonchev–Trinajstić information content (AvgIpc) is 3.48. The van der Waals surface area contributed by atoms with Crippen LogP contribution in [-0.2, 0) is 4.74 Å². The van der Waals surface area contributed by atoms with Crippen LogP contribution in [0.4, 0.5) is 10.6 Å². The van der Waals surface area contributed by atoms with Crippen LogP contribution in [-0.4, -0.2) is 50.1 Å². The lowest BCUT2D eigenvalue weighted by atomic mass is 10.0. The van der Waals surface area contributed by atoms with Crippen LogP contribution in [0.3, 0.4) is 0 Å². The van der Waals surface area contributed by atoms with Gasteiger partial charge in [-0.1, -0.05) is 30.3 Å². The Hall–Kier alpha value is -4.60. The van der Waals surface area contributed by atoms with E-state index in [1.54, 1.807) is 9.47 Å². The predicted octanol–water partition coefficient (Wildman–Crippen LogP) is 4.75. The van der Waals surface area contributed by atoms with Crippen LogP contribution in [0.15, 0.2) is 60.9 Å². The first kappa shape index (κ1) is 25.1. The molecule has 0 spiro atoms. The van der Waals surface area contributed by atoms with Gasteiger partial charge in [-0.05, 0) is 57.0 Å². The van der Waals surface area contributed by atoms with Gasteiger partial charge in [0.1, 0.15) is 40.6 Å². The zero-order valence-corrected chi connectivity index (χ0v) is 21.5. The molecule has 1 saturated heterocycles. The summed E-state index contributed by atoms with van der Waals surface area (Å²) in [6.45, 7) is 6.28. The highest BCUT2D eigenvalue weighted by Gasteiger charge is 2.35. The predicted molar refractivity (Wildman–Crippen MR) is 144 cm³/mol. The number of ether oxygens (including phenoxy) is 2. The highest BCUT2D eigenvalue weighted by atomic mass is 16.6. The van der Waals surface area contributed by atoms with E-state index in [0.29, 0.717) is 53.2 Å². The van der Waals surface area contributed by atoms with Crippen molar-refractivity contribution in [3.63, 3.8) is 0 Å². The first-order chi connectivity index (χ1) is 18.1. The van der Waals surface area contributed by atoms with Crippen molar-refractivity contribution in [3.8, 4) is 22.6 Å². The number of nitrogens with two attached hydrogens (primary N) is 2. The zero-order chi connectivity index (χ0) is 27.0. The van der Waals surface area contributed by atoms with Gasteiger partial charge in [0.15, 0.2) is 0 Å². The lowest BCUT2D eigenvalue weighted by Crippen LogP contribution is -2.35. The van der Waals surface area contributed by atoms with Crippen molar-refractivity contribution in [2.75, 3.05) is 18.8 Å². The van der Waals surface area contributed by atoms with E-state index in [-0.39, 0.29) is 17.6 Å². The van der Waals surface area contributed by atoms with Gasteiger partial charge in [-0.15, -0.1) is 0 Å². The summed E-state index contributed by atoms with van der Waals surface area (Å²) in [6.07, 6.45) is 1.55. The summed E-state index contributed by atoms with van der Waals surface area (Å²) < 4.78 is 13.3. The maximum absolute atomic E-state index is 12.9. The highest BCUT2D eigenvalue weighted by molar-refractivity contribution is 6.12. The molecule has 2 aromatic carbocycles. The summed E-state index contributed by atoms with van der Waals surface area (Å²) in [7, 11) is 0. The number of hydrogen-bond acceptors (Lipinski definition) is 7. The molecule has 1 fully saturated rings. The molecule has 1 aliphatic rings. The third-order valence-corrected chi connectivity index (χ3v) is 6.35. The number of nitrogen functional groups attached to an aromatic ring is 1. The monoisotopic (exact) mass is 514 g/mol. The number of hydrogen-bond donors (Lipinski definition) is 2. The fourth-order valence-electron chi connectivity index (χ4n) is 4.79. The molecule has 10 nitrogen and oxygen atoms in total. The Morgan fingerprint density at radius 1 is 1.00 bits per heavy atom. The lowest BCUT2D eigenvalue weighted by molar-refractivity contribution is 0.0289. The van der Waals surface area contributed by atoms with Crippen LogP contribution in [0.2, 0.25) is 0 Å². The number of aromatic nitrogens is 3. The molecular weight excluding hydrogens is 484 g/mol. The molecule has 1 atom stereocenters. The topological polar surface area (TPSA) is 139 Å². The van der Waals surface area contributed by atoms with Crippen LogP contribution in [0.5, 0.6) is 11.5 Å². The maximum atomic E-state index is 12.9. The van der Waals surface area contributed by atoms with Gasteiger partial charge < -0.3 is 30.4 Å². The van der Waals surface area contributed by atoms with E-state index in [1.165, 1.54) is 6.33 Å². The molecule has 0 bridgehead atoms. The summed E-state index contributed by atoms with van der Waals surface area (Å²) >= 11 is 0. The number of rotatable bonds is 5. The van der Waals surface area contributed by atoms with E-state index in [2.05, 4.69) is 9.97 Å². The van der Waals surface area contributed by atoms with Gasteiger partial charge in [-0.25, -0.2) is 14.8 Å². The number of anilines is 1. The largest absolute Gasteiger partial charge is 0.457 e. The number of likely N-dealkylation sites (tertiary alicyclic amines) is 1. The first-order valence-corrected chi connectivity index (χ1v) is 12.4. The Morgan fingerprint density at radius 3 is 2.34 bits per heavy atom. The lowest BCUT2D eigenvalue weighted by Gasteiger charge is -2.24. The van der Waals surface area contributed by atoms with Gasteiger partial charge in [0.2, 0.25) is 0 Å². The normalized spacial score (nSPS) is 15.6. The molecule has 0 saturated carbocycles. The molecule has 2 amide bonds. The van der Waals surface area contributed by atoms with E-state index in [9.17, 15) is 9.59 Å². The summed E-state index contributed by atoms with van der Waals surface area (Å²) in [5.41, 5.74) is 13.7. The van der Waals surface area contributed by atoms with Gasteiger partial charge in [-0.2, -0.15) is 0 Å². The molecule has 10 heteroatoms. The van der Waals surface area contributed by atoms with Crippen LogP contribution in [0.25, 0.3) is 22.2 Å². The summed E-state index contributed by atoms with van der Waals surface area (Å²) in [5, 5.41) is 0.536. The minimum Gasteiger partial charge on any atom is -0.457 e. The SMILES string of the molecule is CC(C)(C)OC(=O)N1CC[C@@H](n2c(C(N)=O)c(-c3ccc(Oc4ccccc4)cc3)c3c(N)ncnc32)C1. The maximum Gasteiger partial charge on any atom is 0.410 e. The third kappa shape index (κ3) is 4.84. The van der Waals surface area contributed by atoms with E-state index in [4.69, 9.17) is 20.9 Å². The van der Waals surface area contributed by atoms with Crippen molar-refractivity contribution in [2.45, 2.75) is 38.8 Å². The zero-order valence-electron chi connectivity index (χ0n) is 21.5. The van der Waals surface area contributed by atoms with Crippen molar-refractivity contribution >= 4 is 28.9 Å². The van der Waals surface area contributed by atoms with Gasteiger partial charge in [-0.3, -0.25) is 4.79 Å². The Labute approximate surface area is 220 Å². The number of benzene rings is 2. The highest BCUT2D eigenvalue weighted by Crippen LogP contribution is 2.40. The van der Waals surface area contributed by atoms with Crippen molar-refractivity contribution in [1.82, 2.24) is 19.4 Å². The van der Waals surface area contributed by atoms with Gasteiger partial charge >= 0.3 is 6.09 Å². The molecule has 0 aliphatic carbocycles. The van der Waals surface area contributed by atoms with Crippen LogP contribution >= 0.6 is 0 Å². The second-order valence-electron chi connectivity index (χ2n) is 10.2. The molecule has 3 heterocycles. The first-order valence-electron chi connectivity index (χ1n) is 12.4. The summed E-state index contributed by atoms with van der Waals surface area (Å²) in [4.78, 5) is 36.0. The number of carbonyl (C=O) groups is 2. The van der Waals surface area contributed by atoms with E-state index < -0.39 is 17.6 Å². The number of para-hydroxylation sites is 1. The number of primary amides is 1. The second-order valence-corrected chi connectivity index (χ2v) is 10.2. The summed E-state index contributed by atoms with van der Waals surface area (Å²) in [6, 6.07) is 16.5. The molecule has 2 aromatic heterocycles. The molecule has 4 N–H and O–H groups in total. The van der Waals surface area contributed by atoms with Crippen molar-refractivity contribution in [3.05, 3.63) is 66.6 Å². The molecule has 4 aromatic rings. The standard InChI is InChI=1S/C28H30N6O4/c1-28(2,3)38-27(36)33-14-13-18(15-33)34-23(25(30)35)21(22-24(29)31-16-32-26(22)34)17-9-11-20(12-10-17)37-19-7-5-4-6-8-19/h4-12,16,18H,13-15H2,1-3H3,(H2,30,35)(H2,29,31,32)/t18-/m1/s1. The molecule has 0 radical (unpaired) electrons. The van der Waals surface area contributed by atoms with Crippen molar-refractivity contribution < 1.29 is 19.1 Å². The van der Waals surface area contributed by atoms with Gasteiger partial charge in [0.05, 0.1) is 11.4 Å². The minimum atomic E-state index is -0.627. The molecule has 0 unspecified atom stereocenters. The molecule has 38 heavy (non-hydrogen) atoms. The average molecular weight is 515 g/mol. The Balaban J connectivity index is 1.56. The number of carbonyl (C=O) groups excluding carboxylic acids is 2. The summed E-state index contributed by atoms with van der Waals surface area (Å²) in [5.74, 6) is 0.955. The van der Waals surface area contributed by atoms with E-state index in [0.717, 1.165) is 0 Å². The third-order valence-electron chi connectivity index (χ3n) is 6.35. The van der Waals surface area contributed by atoms with Crippen molar-refractivity contribution in [2.24, 2.45) is 5.73 Å². The minimum absolute atomic E-state index is 0.234. The Morgan fingerprint density at radius 2 is 1.68 bits per heavy atom. The van der Waals surface area contributed by atoms with Crippen LogP contribution in [0.1, 0.15) is 43.7 Å². The van der Waals surface area contributed by atoms with E-state index in [1.807, 2.05) is 75.4 Å². The van der Waals surface area contributed by atoms with Gasteiger partial charge in [0.25, 0.3) is 5.91 Å². The Bertz CT molecular complexity index is 1490. The molecule has 5 rings (SSSR count). The van der Waals surface area contributed by atoms with E-state index >= 15 is 0 Å². The molecular formula is C28H30N6O4. The Kier molecular flexibility index (Phi) is 6.40. The molecule has 196 valence electrons. The van der Waals surface area contributed by atoms with Crippen LogP contribution in [0, 0.1) is 0 Å². The fraction of sp³-hybridized carbons (Fsp3) is 0.286. The fourth-order valence-corrected chi connectivity index (χ4v) is 4.79. The van der Waals surface area contributed by atoms with Crippen LogP contribution < -0.4 is 16.2 Å². The molecule has 1 aliphatic heterocycles. The van der Waals surface area contributed by atoms with Gasteiger partial charge in [0, 0.05) is 18.7 Å². The number of fused-ring (bicyclic) bond motifs is 1.